The van der Waals surface area contributed by atoms with Gasteiger partial charge in [-0.1, -0.05) is 54.3 Å². The fraction of sp³-hybridized carbons (Fsp3) is 0.227. The number of nitrogens with zero attached hydrogens (tertiary/aromatic N) is 1. The number of hydrogen-bond acceptors (Lipinski definition) is 1. The van der Waals surface area contributed by atoms with Gasteiger partial charge in [0, 0.05) is 17.4 Å². The third-order valence-corrected chi connectivity index (χ3v) is 5.04. The molecule has 23 heavy (non-hydrogen) atoms. The lowest BCUT2D eigenvalue weighted by molar-refractivity contribution is 0.493. The lowest BCUT2D eigenvalue weighted by Crippen LogP contribution is -2.16. The second kappa shape index (κ2) is 5.79. The van der Waals surface area contributed by atoms with Crippen molar-refractivity contribution in [3.05, 3.63) is 83.4 Å². The van der Waals surface area contributed by atoms with Crippen molar-refractivity contribution in [3.63, 3.8) is 0 Å². The van der Waals surface area contributed by atoms with Gasteiger partial charge in [-0.15, -0.1) is 0 Å². The molecule has 110 valence electrons. The number of benzene rings is 2. The lowest BCUT2D eigenvalue weighted by Gasteiger charge is -2.24. The van der Waals surface area contributed by atoms with E-state index in [2.05, 4.69) is 60.4 Å². The van der Waals surface area contributed by atoms with Gasteiger partial charge in [0.15, 0.2) is 0 Å². The van der Waals surface area contributed by atoms with E-state index in [0.29, 0.717) is 29.2 Å². The molecule has 4 rings (SSSR count). The van der Waals surface area contributed by atoms with Crippen LogP contribution in [0.25, 0.3) is 0 Å². The van der Waals surface area contributed by atoms with Crippen LogP contribution in [0.2, 0.25) is 0 Å². The molecule has 2 aromatic carbocycles. The molecule has 1 saturated carbocycles. The van der Waals surface area contributed by atoms with Gasteiger partial charge >= 0.3 is 0 Å². The molecule has 2 aliphatic carbocycles. The first kappa shape index (κ1) is 13.9. The smallest absolute Gasteiger partial charge is 0.0991 e. The van der Waals surface area contributed by atoms with Gasteiger partial charge in [0.1, 0.15) is 0 Å². The van der Waals surface area contributed by atoms with Gasteiger partial charge in [-0.3, -0.25) is 0 Å². The van der Waals surface area contributed by atoms with Gasteiger partial charge < -0.3 is 0 Å². The molecule has 2 bridgehead atoms. The van der Waals surface area contributed by atoms with Crippen LogP contribution in [0.15, 0.2) is 66.7 Å². The Kier molecular flexibility index (Phi) is 3.49. The van der Waals surface area contributed by atoms with E-state index in [-0.39, 0.29) is 0 Å². The molecule has 1 fully saturated rings. The number of allylic oxidation sites excluding steroid dienone is 2. The van der Waals surface area contributed by atoms with Gasteiger partial charge in [-0.25, -0.2) is 0 Å². The van der Waals surface area contributed by atoms with E-state index in [0.717, 1.165) is 5.56 Å². The highest BCUT2D eigenvalue weighted by Crippen LogP contribution is 2.52. The monoisotopic (exact) mass is 295 g/mol. The van der Waals surface area contributed by atoms with E-state index in [1.54, 1.807) is 0 Å². The second-order valence-electron chi connectivity index (χ2n) is 6.37. The highest BCUT2D eigenvalue weighted by atomic mass is 14.5. The molecule has 1 heteroatoms. The Morgan fingerprint density at radius 1 is 0.826 bits per heavy atom. The van der Waals surface area contributed by atoms with Crippen molar-refractivity contribution in [2.75, 3.05) is 0 Å². The number of fused-ring (bicyclic) bond motifs is 2. The largest absolute Gasteiger partial charge is 0.192 e. The van der Waals surface area contributed by atoms with Crippen molar-refractivity contribution < 1.29 is 0 Å². The molecule has 2 aromatic rings. The first-order valence-electron chi connectivity index (χ1n) is 8.10. The van der Waals surface area contributed by atoms with Crippen molar-refractivity contribution in [3.8, 4) is 17.9 Å². The van der Waals surface area contributed by atoms with Crippen LogP contribution < -0.4 is 0 Å². The first-order chi connectivity index (χ1) is 11.3. The Bertz CT molecular complexity index is 828. The summed E-state index contributed by atoms with van der Waals surface area (Å²) in [6.07, 6.45) is 5.96. The van der Waals surface area contributed by atoms with Crippen LogP contribution in [0.4, 0.5) is 0 Å². The Labute approximate surface area is 137 Å². The maximum absolute atomic E-state index is 8.87. The molecule has 0 radical (unpaired) electrons. The van der Waals surface area contributed by atoms with E-state index in [4.69, 9.17) is 5.26 Å². The van der Waals surface area contributed by atoms with Crippen molar-refractivity contribution >= 4 is 0 Å². The normalized spacial score (nSPS) is 27.3. The quantitative estimate of drug-likeness (QED) is 0.560. The van der Waals surface area contributed by atoms with Gasteiger partial charge in [-0.2, -0.15) is 5.26 Å². The molecule has 0 spiro atoms. The number of rotatable bonds is 1. The minimum absolute atomic E-state index is 0.392. The third kappa shape index (κ3) is 2.56. The summed E-state index contributed by atoms with van der Waals surface area (Å²) < 4.78 is 0. The minimum atomic E-state index is 0.392. The van der Waals surface area contributed by atoms with Gasteiger partial charge in [0.05, 0.1) is 11.6 Å². The van der Waals surface area contributed by atoms with E-state index in [9.17, 15) is 0 Å². The van der Waals surface area contributed by atoms with E-state index < -0.39 is 0 Å². The molecular weight excluding hydrogens is 278 g/mol. The van der Waals surface area contributed by atoms with Crippen molar-refractivity contribution in [1.82, 2.24) is 0 Å². The van der Waals surface area contributed by atoms with Gasteiger partial charge in [0.2, 0.25) is 0 Å². The van der Waals surface area contributed by atoms with Crippen molar-refractivity contribution in [1.29, 1.82) is 5.26 Å². The third-order valence-electron chi connectivity index (χ3n) is 5.04. The molecule has 0 amide bonds. The van der Waals surface area contributed by atoms with E-state index in [1.165, 1.54) is 12.0 Å². The average molecular weight is 295 g/mol. The Morgan fingerprint density at radius 2 is 1.52 bits per heavy atom. The Hall–Kier alpha value is -2.77. The van der Waals surface area contributed by atoms with Gasteiger partial charge in [0.25, 0.3) is 0 Å². The summed E-state index contributed by atoms with van der Waals surface area (Å²) >= 11 is 0. The molecule has 0 saturated heterocycles. The molecule has 4 atom stereocenters. The predicted octanol–water partition coefficient (Wildman–Crippen LogP) is 4.52. The summed E-state index contributed by atoms with van der Waals surface area (Å²) in [7, 11) is 0. The van der Waals surface area contributed by atoms with Crippen molar-refractivity contribution in [2.45, 2.75) is 12.3 Å². The van der Waals surface area contributed by atoms with Crippen LogP contribution in [0.3, 0.4) is 0 Å². The van der Waals surface area contributed by atoms with Crippen LogP contribution in [0, 0.1) is 40.9 Å². The molecule has 2 aliphatic rings. The summed E-state index contributed by atoms with van der Waals surface area (Å²) in [6, 6.07) is 20.5. The Balaban J connectivity index is 1.64. The SMILES string of the molecule is N#Cc1ccc(C#CC2C3C=CC(C3)C2c2ccccc2)cc1. The summed E-state index contributed by atoms with van der Waals surface area (Å²) in [4.78, 5) is 0. The molecule has 0 N–H and O–H groups in total. The topological polar surface area (TPSA) is 23.8 Å². The fourth-order valence-electron chi connectivity index (χ4n) is 3.94. The maximum atomic E-state index is 8.87. The minimum Gasteiger partial charge on any atom is -0.192 e. The zero-order valence-electron chi connectivity index (χ0n) is 12.8. The molecule has 0 aliphatic heterocycles. The summed E-state index contributed by atoms with van der Waals surface area (Å²) in [5.74, 6) is 8.97. The predicted molar refractivity (Wildman–Crippen MR) is 91.4 cm³/mol. The van der Waals surface area contributed by atoms with Crippen LogP contribution in [0.5, 0.6) is 0 Å². The van der Waals surface area contributed by atoms with Crippen LogP contribution in [0.1, 0.15) is 29.0 Å². The maximum Gasteiger partial charge on any atom is 0.0991 e. The summed E-state index contributed by atoms with van der Waals surface area (Å²) in [5, 5.41) is 8.87. The van der Waals surface area contributed by atoms with Crippen LogP contribution in [-0.4, -0.2) is 0 Å². The standard InChI is InChI=1S/C22H17N/c23-15-17-8-6-16(7-9-17)10-13-21-19-11-12-20(14-19)22(21)18-4-2-1-3-5-18/h1-9,11-12,19-22H,14H2. The zero-order valence-corrected chi connectivity index (χ0v) is 12.8. The number of nitriles is 1. The zero-order chi connectivity index (χ0) is 15.6. The number of hydrogen-bond donors (Lipinski definition) is 0. The van der Waals surface area contributed by atoms with Crippen LogP contribution in [-0.2, 0) is 0 Å². The second-order valence-corrected chi connectivity index (χ2v) is 6.37. The van der Waals surface area contributed by atoms with E-state index >= 15 is 0 Å². The highest BCUT2D eigenvalue weighted by Gasteiger charge is 2.44. The van der Waals surface area contributed by atoms with Crippen molar-refractivity contribution in [2.24, 2.45) is 17.8 Å². The lowest BCUT2D eigenvalue weighted by atomic mass is 9.79. The van der Waals surface area contributed by atoms with E-state index in [1.807, 2.05) is 24.3 Å². The fourth-order valence-corrected chi connectivity index (χ4v) is 3.94. The average Bonchev–Trinajstić information content (AvgIpc) is 3.22. The van der Waals surface area contributed by atoms with Crippen LogP contribution >= 0.6 is 0 Å². The molecular formula is C22H17N. The molecule has 1 nitrogen and oxygen atoms in total. The summed E-state index contributed by atoms with van der Waals surface area (Å²) in [5.41, 5.74) is 3.08. The molecule has 0 aromatic heterocycles. The summed E-state index contributed by atoms with van der Waals surface area (Å²) in [6.45, 7) is 0. The molecule has 4 unspecified atom stereocenters. The van der Waals surface area contributed by atoms with Gasteiger partial charge in [-0.05, 0) is 48.1 Å². The first-order valence-corrected chi connectivity index (χ1v) is 8.10. The Morgan fingerprint density at radius 3 is 2.26 bits per heavy atom. The highest BCUT2D eigenvalue weighted by molar-refractivity contribution is 5.42. The molecule has 0 heterocycles.